The van der Waals surface area contributed by atoms with Crippen LogP contribution < -0.4 is 30.5 Å². The van der Waals surface area contributed by atoms with Gasteiger partial charge in [-0.2, -0.15) is 0 Å². The van der Waals surface area contributed by atoms with Crippen LogP contribution in [-0.4, -0.2) is 27.8 Å². The summed E-state index contributed by atoms with van der Waals surface area (Å²) in [7, 11) is 0. The number of carbonyl (C=O) groups is 2. The van der Waals surface area contributed by atoms with Crippen LogP contribution in [0, 0.1) is 0 Å². The number of primary amides is 1. The Labute approximate surface area is 137 Å². The van der Waals surface area contributed by atoms with Crippen LogP contribution >= 0.6 is 0 Å². The molecule has 2 amide bonds. The molecule has 0 aliphatic heterocycles. The molecule has 0 saturated carbocycles. The first-order valence-corrected chi connectivity index (χ1v) is 5.07. The summed E-state index contributed by atoms with van der Waals surface area (Å²) < 4.78 is 0. The van der Waals surface area contributed by atoms with Gasteiger partial charge in [0.25, 0.3) is 0 Å². The number of carbonyl (C=O) groups excluding carboxylic acids is 2. The number of nitrogens with two attached hydrogens (primary N) is 1. The molecule has 0 aliphatic carbocycles. The van der Waals surface area contributed by atoms with Crippen molar-refractivity contribution in [1.82, 2.24) is 4.90 Å². The van der Waals surface area contributed by atoms with Gasteiger partial charge >= 0.3 is 21.7 Å². The molecule has 0 aliphatic rings. The fraction of sp³-hybridized carbons (Fsp3) is 0.818. The first-order chi connectivity index (χ1) is 6.46. The monoisotopic (exact) mass is 332 g/mol. The van der Waals surface area contributed by atoms with E-state index in [1.807, 2.05) is 41.5 Å². The van der Waals surface area contributed by atoms with Crippen molar-refractivity contribution in [2.45, 2.75) is 59.0 Å². The summed E-state index contributed by atoms with van der Waals surface area (Å²) in [5.74, 6) is -0.805. The second kappa shape index (κ2) is 9.19. The zero-order valence-corrected chi connectivity index (χ0v) is 14.9. The van der Waals surface area contributed by atoms with Crippen molar-refractivity contribution in [3.63, 3.8) is 0 Å². The van der Waals surface area contributed by atoms with E-state index < -0.39 is 5.91 Å². The largest absolute Gasteiger partial charge is 2.00 e. The molecule has 7 heteroatoms. The zero-order valence-electron chi connectivity index (χ0n) is 11.8. The summed E-state index contributed by atoms with van der Waals surface area (Å²) in [5.41, 5.74) is 4.40. The molecule has 0 fully saturated rings. The Morgan fingerprint density at radius 1 is 0.944 bits per heavy atom. The summed E-state index contributed by atoms with van der Waals surface area (Å²) in [4.78, 5) is 24.3. The van der Waals surface area contributed by atoms with E-state index in [1.54, 1.807) is 4.90 Å². The minimum Gasteiger partial charge on any atom is -1.00 e. The molecule has 0 aromatic heterocycles. The van der Waals surface area contributed by atoms with E-state index in [1.165, 1.54) is 0 Å². The molecular weight excluding hydrogens is 311 g/mol. The van der Waals surface area contributed by atoms with Crippen molar-refractivity contribution in [2.75, 3.05) is 0 Å². The Kier molecular flexibility index (Phi) is 13.6. The molecule has 4 nitrogen and oxygen atoms in total. The summed E-state index contributed by atoms with van der Waals surface area (Å²) >= 11 is 0. The maximum absolute atomic E-state index is 11.9. The van der Waals surface area contributed by atoms with Gasteiger partial charge in [-0.25, -0.2) is 0 Å². The second-order valence-corrected chi connectivity index (χ2v) is 5.71. The van der Waals surface area contributed by atoms with E-state index in [-0.39, 0.29) is 69.9 Å². The number of rotatable bonds is 2. The SMILES string of the molecule is CC(C)(C)N(C(=O)CC(N)=O)C(C)(C)C.[Cl-].[Cl-].[Ti+2]. The summed E-state index contributed by atoms with van der Waals surface area (Å²) in [6.07, 6.45) is -0.228. The second-order valence-electron chi connectivity index (χ2n) is 5.71. The van der Waals surface area contributed by atoms with Crippen LogP contribution in [0.2, 0.25) is 0 Å². The quantitative estimate of drug-likeness (QED) is 0.408. The van der Waals surface area contributed by atoms with Gasteiger partial charge in [-0.15, -0.1) is 0 Å². The van der Waals surface area contributed by atoms with E-state index in [2.05, 4.69) is 0 Å². The summed E-state index contributed by atoms with van der Waals surface area (Å²) in [6.45, 7) is 11.6. The third-order valence-corrected chi connectivity index (χ3v) is 1.92. The van der Waals surface area contributed by atoms with Crippen LogP contribution in [0.5, 0.6) is 0 Å². The van der Waals surface area contributed by atoms with E-state index in [9.17, 15) is 9.59 Å². The fourth-order valence-electron chi connectivity index (χ4n) is 1.98. The molecule has 0 heterocycles. The minimum atomic E-state index is -0.585. The number of halogens is 2. The van der Waals surface area contributed by atoms with Gasteiger partial charge in [-0.1, -0.05) is 0 Å². The van der Waals surface area contributed by atoms with Crippen molar-refractivity contribution in [3.05, 3.63) is 0 Å². The molecule has 2 N–H and O–H groups in total. The number of hydrogen-bond acceptors (Lipinski definition) is 2. The maximum Gasteiger partial charge on any atom is 2.00 e. The topological polar surface area (TPSA) is 63.4 Å². The molecule has 106 valence electrons. The van der Waals surface area contributed by atoms with Gasteiger partial charge in [0, 0.05) is 11.1 Å². The molecular formula is C11H22Cl2N2O2Ti. The molecule has 0 aromatic carbocycles. The molecule has 0 atom stereocenters. The molecule has 0 radical (unpaired) electrons. The van der Waals surface area contributed by atoms with E-state index >= 15 is 0 Å². The Morgan fingerprint density at radius 2 is 1.22 bits per heavy atom. The molecule has 0 rings (SSSR count). The molecule has 0 unspecified atom stereocenters. The standard InChI is InChI=1S/C11H22N2O2.2ClH.Ti/c1-10(2,3)13(11(4,5)6)9(15)7-8(12)14;;;/h7H2,1-6H3,(H2,12,14);2*1H;/q;;;+2/p-2. The van der Waals surface area contributed by atoms with E-state index in [0.29, 0.717) is 0 Å². The first kappa shape index (κ1) is 26.7. The first-order valence-electron chi connectivity index (χ1n) is 5.07. The van der Waals surface area contributed by atoms with E-state index in [0.717, 1.165) is 0 Å². The predicted molar refractivity (Wildman–Crippen MR) is 60.2 cm³/mol. The van der Waals surface area contributed by atoms with Crippen molar-refractivity contribution in [1.29, 1.82) is 0 Å². The molecule has 0 bridgehead atoms. The molecule has 0 spiro atoms. The van der Waals surface area contributed by atoms with Gasteiger partial charge in [-0.05, 0) is 41.5 Å². The van der Waals surface area contributed by atoms with Crippen LogP contribution in [0.25, 0.3) is 0 Å². The van der Waals surface area contributed by atoms with Crippen molar-refractivity contribution in [2.24, 2.45) is 5.73 Å². The third kappa shape index (κ3) is 9.20. The third-order valence-electron chi connectivity index (χ3n) is 1.92. The Morgan fingerprint density at radius 3 is 1.39 bits per heavy atom. The Balaban J connectivity index is -0.000000327. The minimum absolute atomic E-state index is 0. The van der Waals surface area contributed by atoms with Crippen LogP contribution in [0.15, 0.2) is 0 Å². The van der Waals surface area contributed by atoms with Crippen LogP contribution in [0.3, 0.4) is 0 Å². The van der Waals surface area contributed by atoms with Crippen LogP contribution in [-0.2, 0) is 31.3 Å². The van der Waals surface area contributed by atoms with Gasteiger partial charge in [0.1, 0.15) is 6.42 Å². The maximum atomic E-state index is 11.9. The smallest absolute Gasteiger partial charge is 1.00 e. The van der Waals surface area contributed by atoms with Gasteiger partial charge < -0.3 is 35.4 Å². The molecule has 0 saturated heterocycles. The number of hydrogen-bond donors (Lipinski definition) is 1. The molecule has 18 heavy (non-hydrogen) atoms. The predicted octanol–water partition coefficient (Wildman–Crippen LogP) is -4.71. The van der Waals surface area contributed by atoms with E-state index in [4.69, 9.17) is 5.73 Å². The normalized spacial score (nSPS) is 10.3. The fourth-order valence-corrected chi connectivity index (χ4v) is 1.98. The van der Waals surface area contributed by atoms with Gasteiger partial charge in [-0.3, -0.25) is 9.59 Å². The average Bonchev–Trinajstić information content (AvgIpc) is 1.74. The zero-order chi connectivity index (χ0) is 12.4. The Hall–Kier alpha value is 0.234. The number of nitrogens with zero attached hydrogens (tertiary/aromatic N) is 1. The average molecular weight is 333 g/mol. The van der Waals surface area contributed by atoms with Crippen molar-refractivity contribution >= 4 is 11.8 Å². The van der Waals surface area contributed by atoms with Crippen LogP contribution in [0.4, 0.5) is 0 Å². The summed E-state index contributed by atoms with van der Waals surface area (Å²) in [6, 6.07) is 0. The van der Waals surface area contributed by atoms with Gasteiger partial charge in [0.2, 0.25) is 11.8 Å². The van der Waals surface area contributed by atoms with Gasteiger partial charge in [0.05, 0.1) is 0 Å². The summed E-state index contributed by atoms with van der Waals surface area (Å²) in [5, 5.41) is 0. The molecule has 0 aromatic rings. The Bertz CT molecular complexity index is 259. The number of amides is 2. The van der Waals surface area contributed by atoms with Crippen molar-refractivity contribution < 1.29 is 56.1 Å². The van der Waals surface area contributed by atoms with Gasteiger partial charge in [0.15, 0.2) is 0 Å². The van der Waals surface area contributed by atoms with Crippen LogP contribution in [0.1, 0.15) is 48.0 Å². The van der Waals surface area contributed by atoms with Crippen molar-refractivity contribution in [3.8, 4) is 0 Å².